The number of hydrogen-bond donors (Lipinski definition) is 1. The molecule has 0 bridgehead atoms. The van der Waals surface area contributed by atoms with Gasteiger partial charge in [-0.05, 0) is 73.4 Å². The maximum absolute atomic E-state index is 13.2. The van der Waals surface area contributed by atoms with Crippen LogP contribution in [0.5, 0.6) is 0 Å². The quantitative estimate of drug-likeness (QED) is 0.508. The third-order valence-corrected chi connectivity index (χ3v) is 6.47. The fourth-order valence-electron chi connectivity index (χ4n) is 4.69. The lowest BCUT2D eigenvalue weighted by molar-refractivity contribution is -0.131. The van der Waals surface area contributed by atoms with Gasteiger partial charge in [0.25, 0.3) is 5.91 Å². The Bertz CT molecular complexity index is 1250. The molecule has 0 saturated carbocycles. The molecule has 1 fully saturated rings. The van der Waals surface area contributed by atoms with Crippen LogP contribution in [0.2, 0.25) is 0 Å². The molecule has 6 heteroatoms. The minimum absolute atomic E-state index is 0.0481. The molecule has 1 atom stereocenters. The summed E-state index contributed by atoms with van der Waals surface area (Å²) >= 11 is 0. The monoisotopic (exact) mass is 416 g/mol. The van der Waals surface area contributed by atoms with Crippen molar-refractivity contribution in [2.24, 2.45) is 0 Å². The molecule has 6 nitrogen and oxygen atoms in total. The van der Waals surface area contributed by atoms with Crippen molar-refractivity contribution in [3.05, 3.63) is 81.2 Å². The molecular formula is C25H24N2O4. The maximum atomic E-state index is 13.2. The van der Waals surface area contributed by atoms with Gasteiger partial charge in [-0.2, -0.15) is 0 Å². The van der Waals surface area contributed by atoms with Crippen LogP contribution >= 0.6 is 0 Å². The Balaban J connectivity index is 1.42. The van der Waals surface area contributed by atoms with Gasteiger partial charge < -0.3 is 9.73 Å². The molecule has 31 heavy (non-hydrogen) atoms. The van der Waals surface area contributed by atoms with Crippen molar-refractivity contribution in [2.45, 2.75) is 51.1 Å². The van der Waals surface area contributed by atoms with E-state index in [1.807, 2.05) is 42.5 Å². The number of amides is 3. The normalized spacial score (nSPS) is 20.4. The van der Waals surface area contributed by atoms with Crippen molar-refractivity contribution >= 4 is 22.9 Å². The molecule has 0 radical (unpaired) electrons. The number of nitrogens with one attached hydrogen (secondary N) is 1. The van der Waals surface area contributed by atoms with E-state index in [-0.39, 0.29) is 12.5 Å². The zero-order valence-corrected chi connectivity index (χ0v) is 17.4. The van der Waals surface area contributed by atoms with Crippen LogP contribution in [0.4, 0.5) is 4.79 Å². The summed E-state index contributed by atoms with van der Waals surface area (Å²) in [5, 5.41) is 3.65. The van der Waals surface area contributed by atoms with E-state index in [2.05, 4.69) is 5.32 Å². The number of carbonyl (C=O) groups excluding carboxylic acids is 2. The molecular weight excluding hydrogens is 392 g/mol. The number of fused-ring (bicyclic) bond motifs is 2. The fraction of sp³-hybridized carbons (Fsp3) is 0.320. The molecule has 0 unspecified atom stereocenters. The molecule has 1 aliphatic heterocycles. The standard InChI is InChI=1S/C25H24N2O4/c1-25(11-10-16-6-3-2-4-7-16)23(29)27(24(30)26-25)15-19-14-22(28)31-21-13-18-9-5-8-17(18)12-20(19)21/h2-4,6-7,12-14H,5,8-11,15H2,1H3,(H,26,30)/t25-/m0/s1. The average molecular weight is 416 g/mol. The highest BCUT2D eigenvalue weighted by molar-refractivity contribution is 6.07. The van der Waals surface area contributed by atoms with Gasteiger partial charge in [0.1, 0.15) is 11.1 Å². The van der Waals surface area contributed by atoms with Crippen LogP contribution in [0.3, 0.4) is 0 Å². The largest absolute Gasteiger partial charge is 0.423 e. The Morgan fingerprint density at radius 1 is 1.03 bits per heavy atom. The highest BCUT2D eigenvalue weighted by atomic mass is 16.4. The summed E-state index contributed by atoms with van der Waals surface area (Å²) < 4.78 is 5.41. The summed E-state index contributed by atoms with van der Waals surface area (Å²) in [5.74, 6) is -0.268. The van der Waals surface area contributed by atoms with Gasteiger partial charge in [0.05, 0.1) is 6.54 Å². The van der Waals surface area contributed by atoms with Crippen LogP contribution in [-0.2, 0) is 30.6 Å². The average Bonchev–Trinajstić information content (AvgIpc) is 3.29. The third-order valence-electron chi connectivity index (χ3n) is 6.47. The highest BCUT2D eigenvalue weighted by Gasteiger charge is 2.47. The van der Waals surface area contributed by atoms with Crippen LogP contribution in [0.15, 0.2) is 57.7 Å². The van der Waals surface area contributed by atoms with Gasteiger partial charge in [-0.25, -0.2) is 9.59 Å². The number of hydrogen-bond acceptors (Lipinski definition) is 4. The van der Waals surface area contributed by atoms with Crippen LogP contribution in [0, 0.1) is 0 Å². The van der Waals surface area contributed by atoms with Crippen LogP contribution < -0.4 is 10.9 Å². The van der Waals surface area contributed by atoms with E-state index in [0.717, 1.165) is 30.2 Å². The molecule has 5 rings (SSSR count). The van der Waals surface area contributed by atoms with Crippen molar-refractivity contribution in [3.8, 4) is 0 Å². The lowest BCUT2D eigenvalue weighted by Gasteiger charge is -2.22. The smallest absolute Gasteiger partial charge is 0.336 e. The number of rotatable bonds is 5. The molecule has 1 aliphatic carbocycles. The summed E-state index contributed by atoms with van der Waals surface area (Å²) in [6.07, 6.45) is 4.24. The summed E-state index contributed by atoms with van der Waals surface area (Å²) in [5.41, 5.74) is 3.27. The second-order valence-corrected chi connectivity index (χ2v) is 8.70. The summed E-state index contributed by atoms with van der Waals surface area (Å²) in [4.78, 5) is 39.3. The van der Waals surface area contributed by atoms with Gasteiger partial charge in [-0.3, -0.25) is 9.69 Å². The highest BCUT2D eigenvalue weighted by Crippen LogP contribution is 2.30. The minimum Gasteiger partial charge on any atom is -0.423 e. The zero-order chi connectivity index (χ0) is 21.6. The summed E-state index contributed by atoms with van der Waals surface area (Å²) in [6.45, 7) is 1.81. The van der Waals surface area contributed by atoms with E-state index >= 15 is 0 Å². The Kier molecular flexibility index (Phi) is 4.65. The number of aryl methyl sites for hydroxylation is 3. The van der Waals surface area contributed by atoms with Gasteiger partial charge in [-0.1, -0.05) is 30.3 Å². The number of nitrogens with zero attached hydrogens (tertiary/aromatic N) is 1. The molecule has 2 aromatic carbocycles. The first-order valence-corrected chi connectivity index (χ1v) is 10.7. The first kappa shape index (κ1) is 19.5. The van der Waals surface area contributed by atoms with E-state index in [0.29, 0.717) is 24.0 Å². The van der Waals surface area contributed by atoms with Gasteiger partial charge in [0, 0.05) is 11.5 Å². The predicted octanol–water partition coefficient (Wildman–Crippen LogP) is 3.73. The lowest BCUT2D eigenvalue weighted by atomic mass is 9.93. The summed E-state index contributed by atoms with van der Waals surface area (Å²) in [6, 6.07) is 14.8. The number of benzene rings is 2. The molecule has 3 amide bonds. The second kappa shape index (κ2) is 7.38. The van der Waals surface area contributed by atoms with E-state index in [1.54, 1.807) is 6.92 Å². The van der Waals surface area contributed by atoms with E-state index in [4.69, 9.17) is 4.42 Å². The van der Waals surface area contributed by atoms with Gasteiger partial charge in [0.15, 0.2) is 0 Å². The van der Waals surface area contributed by atoms with Crippen molar-refractivity contribution < 1.29 is 14.0 Å². The van der Waals surface area contributed by atoms with E-state index in [9.17, 15) is 14.4 Å². The maximum Gasteiger partial charge on any atom is 0.336 e. The second-order valence-electron chi connectivity index (χ2n) is 8.70. The number of urea groups is 1. The van der Waals surface area contributed by atoms with Crippen molar-refractivity contribution in [1.82, 2.24) is 10.2 Å². The Hall–Kier alpha value is -3.41. The molecule has 1 aromatic heterocycles. The molecule has 1 saturated heterocycles. The Labute approximate surface area is 179 Å². The molecule has 0 spiro atoms. The third kappa shape index (κ3) is 3.52. The van der Waals surface area contributed by atoms with Crippen molar-refractivity contribution in [3.63, 3.8) is 0 Å². The van der Waals surface area contributed by atoms with Crippen LogP contribution in [0.1, 0.15) is 42.0 Å². The first-order valence-electron chi connectivity index (χ1n) is 10.7. The van der Waals surface area contributed by atoms with Gasteiger partial charge in [-0.15, -0.1) is 0 Å². The van der Waals surface area contributed by atoms with Gasteiger partial charge >= 0.3 is 11.7 Å². The lowest BCUT2D eigenvalue weighted by Crippen LogP contribution is -2.44. The van der Waals surface area contributed by atoms with Crippen LogP contribution in [0.25, 0.3) is 11.0 Å². The van der Waals surface area contributed by atoms with Crippen molar-refractivity contribution in [1.29, 1.82) is 0 Å². The predicted molar refractivity (Wildman–Crippen MR) is 117 cm³/mol. The fourth-order valence-corrected chi connectivity index (χ4v) is 4.69. The van der Waals surface area contributed by atoms with Crippen LogP contribution in [-0.4, -0.2) is 22.4 Å². The van der Waals surface area contributed by atoms with E-state index < -0.39 is 17.2 Å². The summed E-state index contributed by atoms with van der Waals surface area (Å²) in [7, 11) is 0. The number of imide groups is 1. The molecule has 1 N–H and O–H groups in total. The minimum atomic E-state index is -0.969. The zero-order valence-electron chi connectivity index (χ0n) is 17.4. The molecule has 2 heterocycles. The SMILES string of the molecule is C[C@@]1(CCc2ccccc2)NC(=O)N(Cc2cc(=O)oc3cc4c(cc23)CCC4)C1=O. The molecule has 158 valence electrons. The number of carbonyl (C=O) groups is 2. The first-order chi connectivity index (χ1) is 14.9. The van der Waals surface area contributed by atoms with E-state index in [1.165, 1.54) is 22.1 Å². The topological polar surface area (TPSA) is 79.6 Å². The van der Waals surface area contributed by atoms with Crippen molar-refractivity contribution in [2.75, 3.05) is 0 Å². The molecule has 3 aromatic rings. The van der Waals surface area contributed by atoms with Gasteiger partial charge in [0.2, 0.25) is 0 Å². The molecule has 2 aliphatic rings. The Morgan fingerprint density at radius 2 is 1.77 bits per heavy atom. The Morgan fingerprint density at radius 3 is 2.55 bits per heavy atom.